The molecule has 0 aromatic carbocycles. The number of nitrogens with one attached hydrogen (secondary N) is 1. The minimum atomic E-state index is 0.660. The molecule has 2 atom stereocenters. The number of rotatable bonds is 3. The minimum absolute atomic E-state index is 0.660. The molecular formula is C12H21N3S. The topological polar surface area (TPSA) is 28.2 Å². The number of piperidine rings is 1. The molecule has 0 spiro atoms. The van der Waals surface area contributed by atoms with Crippen molar-refractivity contribution in [3.05, 3.63) is 16.1 Å². The van der Waals surface area contributed by atoms with Gasteiger partial charge < -0.3 is 5.32 Å². The average molecular weight is 239 g/mol. The van der Waals surface area contributed by atoms with Crippen molar-refractivity contribution in [1.82, 2.24) is 15.2 Å². The van der Waals surface area contributed by atoms with E-state index in [4.69, 9.17) is 0 Å². The van der Waals surface area contributed by atoms with E-state index < -0.39 is 0 Å². The summed E-state index contributed by atoms with van der Waals surface area (Å²) in [5, 5.41) is 6.74. The van der Waals surface area contributed by atoms with Crippen LogP contribution in [0.25, 0.3) is 0 Å². The quantitative estimate of drug-likeness (QED) is 0.875. The Labute approximate surface area is 102 Å². The molecule has 0 bridgehead atoms. The van der Waals surface area contributed by atoms with E-state index in [2.05, 4.69) is 41.5 Å². The lowest BCUT2D eigenvalue weighted by atomic mass is 9.98. The van der Waals surface area contributed by atoms with Crippen molar-refractivity contribution >= 4 is 11.3 Å². The Bertz CT molecular complexity index is 337. The molecule has 2 heterocycles. The van der Waals surface area contributed by atoms with Crippen LogP contribution in [0.15, 0.2) is 5.38 Å². The summed E-state index contributed by atoms with van der Waals surface area (Å²) in [6.45, 7) is 6.60. The van der Waals surface area contributed by atoms with Crippen LogP contribution in [0.2, 0.25) is 0 Å². The van der Waals surface area contributed by atoms with Gasteiger partial charge in [-0.15, -0.1) is 11.3 Å². The van der Waals surface area contributed by atoms with Gasteiger partial charge in [-0.2, -0.15) is 0 Å². The smallest absolute Gasteiger partial charge is 0.0897 e. The molecule has 4 heteroatoms. The Hall–Kier alpha value is -0.450. The van der Waals surface area contributed by atoms with E-state index in [0.717, 1.165) is 6.54 Å². The second kappa shape index (κ2) is 5.25. The number of thiazole rings is 1. The van der Waals surface area contributed by atoms with Crippen LogP contribution >= 0.6 is 11.3 Å². The van der Waals surface area contributed by atoms with Crippen molar-refractivity contribution in [1.29, 1.82) is 0 Å². The zero-order chi connectivity index (χ0) is 11.5. The fourth-order valence-corrected chi connectivity index (χ4v) is 3.01. The van der Waals surface area contributed by atoms with E-state index in [1.54, 1.807) is 11.3 Å². The summed E-state index contributed by atoms with van der Waals surface area (Å²) in [6.07, 6.45) is 2.50. The number of hydrogen-bond donors (Lipinski definition) is 1. The predicted octanol–water partition coefficient (Wildman–Crippen LogP) is 2.02. The molecule has 16 heavy (non-hydrogen) atoms. The molecule has 2 rings (SSSR count). The van der Waals surface area contributed by atoms with Gasteiger partial charge in [-0.05, 0) is 33.7 Å². The Morgan fingerprint density at radius 2 is 2.44 bits per heavy atom. The van der Waals surface area contributed by atoms with Crippen molar-refractivity contribution in [2.75, 3.05) is 13.6 Å². The highest BCUT2D eigenvalue weighted by atomic mass is 32.1. The first kappa shape index (κ1) is 12.0. The van der Waals surface area contributed by atoms with Gasteiger partial charge in [0.1, 0.15) is 0 Å². The summed E-state index contributed by atoms with van der Waals surface area (Å²) in [5.74, 6) is 0. The first-order chi connectivity index (χ1) is 7.69. The summed E-state index contributed by atoms with van der Waals surface area (Å²) in [7, 11) is 2.07. The van der Waals surface area contributed by atoms with E-state index in [-0.39, 0.29) is 0 Å². The number of hydrogen-bond acceptors (Lipinski definition) is 4. The minimum Gasteiger partial charge on any atom is -0.317 e. The van der Waals surface area contributed by atoms with E-state index >= 15 is 0 Å². The molecule has 1 saturated heterocycles. The van der Waals surface area contributed by atoms with Gasteiger partial charge in [0.2, 0.25) is 0 Å². The van der Waals surface area contributed by atoms with Crippen LogP contribution in [-0.4, -0.2) is 35.6 Å². The lowest BCUT2D eigenvalue weighted by molar-refractivity contribution is 0.130. The number of aromatic nitrogens is 1. The van der Waals surface area contributed by atoms with Crippen LogP contribution in [0.3, 0.4) is 0 Å². The highest BCUT2D eigenvalue weighted by Gasteiger charge is 2.24. The molecule has 1 N–H and O–H groups in total. The molecule has 0 radical (unpaired) electrons. The van der Waals surface area contributed by atoms with Gasteiger partial charge in [-0.1, -0.05) is 0 Å². The van der Waals surface area contributed by atoms with Crippen molar-refractivity contribution in [2.24, 2.45) is 0 Å². The molecule has 1 aliphatic rings. The second-order valence-electron chi connectivity index (χ2n) is 4.69. The van der Waals surface area contributed by atoms with Gasteiger partial charge in [0.25, 0.3) is 0 Å². The first-order valence-electron chi connectivity index (χ1n) is 6.01. The largest absolute Gasteiger partial charge is 0.317 e. The van der Waals surface area contributed by atoms with Crippen LogP contribution in [0.5, 0.6) is 0 Å². The standard InChI is InChI=1S/C12H21N3S/c1-9-6-11(13-3)4-5-15(9)7-12-8-16-10(2)14-12/h8-9,11,13H,4-7H2,1-3H3. The molecular weight excluding hydrogens is 218 g/mol. The Morgan fingerprint density at radius 1 is 1.62 bits per heavy atom. The number of aryl methyl sites for hydroxylation is 1. The summed E-state index contributed by atoms with van der Waals surface area (Å²) in [5.41, 5.74) is 1.23. The maximum absolute atomic E-state index is 4.54. The lowest BCUT2D eigenvalue weighted by Gasteiger charge is -2.37. The zero-order valence-corrected chi connectivity index (χ0v) is 11.2. The van der Waals surface area contributed by atoms with Gasteiger partial charge in [0.05, 0.1) is 10.7 Å². The molecule has 3 nitrogen and oxygen atoms in total. The molecule has 0 saturated carbocycles. The highest BCUT2D eigenvalue weighted by molar-refractivity contribution is 7.09. The highest BCUT2D eigenvalue weighted by Crippen LogP contribution is 2.20. The SMILES string of the molecule is CNC1CCN(Cc2csc(C)n2)C(C)C1. The van der Waals surface area contributed by atoms with Crippen LogP contribution in [-0.2, 0) is 6.54 Å². The third kappa shape index (κ3) is 2.81. The van der Waals surface area contributed by atoms with E-state index in [1.165, 1.54) is 30.1 Å². The summed E-state index contributed by atoms with van der Waals surface area (Å²) >= 11 is 1.75. The summed E-state index contributed by atoms with van der Waals surface area (Å²) < 4.78 is 0. The van der Waals surface area contributed by atoms with Crippen LogP contribution in [0.1, 0.15) is 30.5 Å². The van der Waals surface area contributed by atoms with Crippen LogP contribution < -0.4 is 5.32 Å². The Kier molecular flexibility index (Phi) is 3.95. The maximum atomic E-state index is 4.54. The molecule has 90 valence electrons. The monoisotopic (exact) mass is 239 g/mol. The number of nitrogens with zero attached hydrogens (tertiary/aromatic N) is 2. The van der Waals surface area contributed by atoms with Crippen molar-refractivity contribution in [2.45, 2.75) is 45.3 Å². The van der Waals surface area contributed by atoms with Crippen LogP contribution in [0, 0.1) is 6.92 Å². The Balaban J connectivity index is 1.91. The molecule has 1 aliphatic heterocycles. The van der Waals surface area contributed by atoms with Crippen LogP contribution in [0.4, 0.5) is 0 Å². The second-order valence-corrected chi connectivity index (χ2v) is 5.75. The Morgan fingerprint density at radius 3 is 3.00 bits per heavy atom. The van der Waals surface area contributed by atoms with Crippen molar-refractivity contribution in [3.63, 3.8) is 0 Å². The maximum Gasteiger partial charge on any atom is 0.0897 e. The zero-order valence-electron chi connectivity index (χ0n) is 10.4. The fourth-order valence-electron chi connectivity index (χ4n) is 2.41. The normalized spacial score (nSPS) is 27.2. The van der Waals surface area contributed by atoms with Crippen molar-refractivity contribution < 1.29 is 0 Å². The summed E-state index contributed by atoms with van der Waals surface area (Å²) in [4.78, 5) is 7.08. The molecule has 1 fully saturated rings. The average Bonchev–Trinajstić information content (AvgIpc) is 2.67. The molecule has 0 aliphatic carbocycles. The number of likely N-dealkylation sites (tertiary alicyclic amines) is 1. The molecule has 0 amide bonds. The van der Waals surface area contributed by atoms with Crippen molar-refractivity contribution in [3.8, 4) is 0 Å². The molecule has 1 aromatic rings. The van der Waals surface area contributed by atoms with E-state index in [1.807, 2.05) is 0 Å². The van der Waals surface area contributed by atoms with E-state index in [0.29, 0.717) is 12.1 Å². The van der Waals surface area contributed by atoms with E-state index in [9.17, 15) is 0 Å². The summed E-state index contributed by atoms with van der Waals surface area (Å²) in [6, 6.07) is 1.36. The van der Waals surface area contributed by atoms with Gasteiger partial charge in [0.15, 0.2) is 0 Å². The molecule has 1 aromatic heterocycles. The fraction of sp³-hybridized carbons (Fsp3) is 0.750. The predicted molar refractivity (Wildman–Crippen MR) is 68.8 cm³/mol. The van der Waals surface area contributed by atoms with Gasteiger partial charge in [0, 0.05) is 30.6 Å². The molecule has 2 unspecified atom stereocenters. The van der Waals surface area contributed by atoms with Gasteiger partial charge in [-0.25, -0.2) is 4.98 Å². The first-order valence-corrected chi connectivity index (χ1v) is 6.89. The van der Waals surface area contributed by atoms with Gasteiger partial charge >= 0.3 is 0 Å². The third-order valence-electron chi connectivity index (χ3n) is 3.45. The third-order valence-corrected chi connectivity index (χ3v) is 4.28. The van der Waals surface area contributed by atoms with Gasteiger partial charge in [-0.3, -0.25) is 4.90 Å². The lowest BCUT2D eigenvalue weighted by Crippen LogP contribution is -2.46.